The Bertz CT molecular complexity index is 653. The van der Waals surface area contributed by atoms with E-state index >= 15 is 0 Å². The molecule has 0 unspecified atom stereocenters. The predicted molar refractivity (Wildman–Crippen MR) is 75.2 cm³/mol. The van der Waals surface area contributed by atoms with E-state index in [4.69, 9.17) is 33.2 Å². The van der Waals surface area contributed by atoms with Crippen molar-refractivity contribution in [2.75, 3.05) is 12.4 Å². The second-order valence-corrected chi connectivity index (χ2v) is 4.44. The minimum atomic E-state index is 0.252. The van der Waals surface area contributed by atoms with Gasteiger partial charge in [0.2, 0.25) is 0 Å². The molecule has 0 amide bonds. The molecule has 1 heterocycles. The predicted octanol–water partition coefficient (Wildman–Crippen LogP) is 4.01. The molecule has 0 aliphatic rings. The van der Waals surface area contributed by atoms with Gasteiger partial charge in [0.1, 0.15) is 16.7 Å². The summed E-state index contributed by atoms with van der Waals surface area (Å²) in [7, 11) is 1.54. The Morgan fingerprint density at radius 2 is 2.05 bits per heavy atom. The molecule has 2 aromatic rings. The standard InChI is InChI=1S/C13H9Cl2N3O/c1-19-11-6-9(2-3-10(11)14)17-13-5-8(7-16)4-12(15)18-13/h2-6H,1H3,(H,17,18). The Hall–Kier alpha value is -1.96. The number of nitrogens with zero attached hydrogens (tertiary/aromatic N) is 2. The molecule has 0 radical (unpaired) electrons. The van der Waals surface area contributed by atoms with E-state index in [1.54, 1.807) is 24.3 Å². The van der Waals surface area contributed by atoms with Gasteiger partial charge in [-0.1, -0.05) is 23.2 Å². The summed E-state index contributed by atoms with van der Waals surface area (Å²) in [5.41, 5.74) is 1.17. The highest BCUT2D eigenvalue weighted by atomic mass is 35.5. The monoisotopic (exact) mass is 293 g/mol. The van der Waals surface area contributed by atoms with E-state index in [9.17, 15) is 0 Å². The van der Waals surface area contributed by atoms with Crippen LogP contribution in [0.1, 0.15) is 5.56 Å². The highest BCUT2D eigenvalue weighted by molar-refractivity contribution is 6.32. The largest absolute Gasteiger partial charge is 0.495 e. The zero-order chi connectivity index (χ0) is 13.8. The first kappa shape index (κ1) is 13.5. The lowest BCUT2D eigenvalue weighted by atomic mass is 10.2. The van der Waals surface area contributed by atoms with E-state index in [0.29, 0.717) is 22.2 Å². The molecular weight excluding hydrogens is 285 g/mol. The maximum absolute atomic E-state index is 8.87. The molecule has 1 aromatic carbocycles. The lowest BCUT2D eigenvalue weighted by Gasteiger charge is -2.09. The van der Waals surface area contributed by atoms with Crippen LogP contribution < -0.4 is 10.1 Å². The number of halogens is 2. The topological polar surface area (TPSA) is 57.9 Å². The first-order valence-corrected chi connectivity index (χ1v) is 6.06. The van der Waals surface area contributed by atoms with Crippen molar-refractivity contribution < 1.29 is 4.74 Å². The van der Waals surface area contributed by atoms with Crippen molar-refractivity contribution in [2.45, 2.75) is 0 Å². The number of hydrogen-bond acceptors (Lipinski definition) is 4. The van der Waals surface area contributed by atoms with E-state index in [-0.39, 0.29) is 5.15 Å². The van der Waals surface area contributed by atoms with Gasteiger partial charge in [0, 0.05) is 11.8 Å². The number of hydrogen-bond donors (Lipinski definition) is 1. The number of benzene rings is 1. The van der Waals surface area contributed by atoms with Crippen molar-refractivity contribution in [1.82, 2.24) is 4.98 Å². The molecule has 6 heteroatoms. The highest BCUT2D eigenvalue weighted by Gasteiger charge is 2.05. The van der Waals surface area contributed by atoms with Crippen LogP contribution in [0.3, 0.4) is 0 Å². The van der Waals surface area contributed by atoms with Crippen molar-refractivity contribution in [2.24, 2.45) is 0 Å². The second kappa shape index (κ2) is 5.79. The fraction of sp³-hybridized carbons (Fsp3) is 0.0769. The first-order chi connectivity index (χ1) is 9.12. The zero-order valence-electron chi connectivity index (χ0n) is 9.95. The second-order valence-electron chi connectivity index (χ2n) is 3.65. The van der Waals surface area contributed by atoms with Crippen molar-refractivity contribution in [3.05, 3.63) is 46.1 Å². The molecule has 0 saturated heterocycles. The molecule has 4 nitrogen and oxygen atoms in total. The summed E-state index contributed by atoms with van der Waals surface area (Å²) in [6.45, 7) is 0. The van der Waals surface area contributed by atoms with E-state index in [1.165, 1.54) is 13.2 Å². The van der Waals surface area contributed by atoms with E-state index in [0.717, 1.165) is 5.69 Å². The lowest BCUT2D eigenvalue weighted by Crippen LogP contribution is -1.95. The summed E-state index contributed by atoms with van der Waals surface area (Å²) in [6, 6.07) is 10.3. The van der Waals surface area contributed by atoms with Crippen LogP contribution in [0.2, 0.25) is 10.2 Å². The average Bonchev–Trinajstić information content (AvgIpc) is 2.40. The zero-order valence-corrected chi connectivity index (χ0v) is 11.5. The fourth-order valence-electron chi connectivity index (χ4n) is 1.51. The lowest BCUT2D eigenvalue weighted by molar-refractivity contribution is 0.415. The van der Waals surface area contributed by atoms with Crippen LogP contribution in [-0.2, 0) is 0 Å². The molecule has 1 N–H and O–H groups in total. The smallest absolute Gasteiger partial charge is 0.139 e. The average molecular weight is 294 g/mol. The number of nitriles is 1. The van der Waals surface area contributed by atoms with Gasteiger partial charge in [0.15, 0.2) is 0 Å². The normalized spacial score (nSPS) is 9.79. The third-order valence-electron chi connectivity index (χ3n) is 2.35. The molecule has 0 aliphatic carbocycles. The van der Waals surface area contributed by atoms with Crippen LogP contribution in [0.4, 0.5) is 11.5 Å². The molecule has 0 aliphatic heterocycles. The SMILES string of the molecule is COc1cc(Nc2cc(C#N)cc(Cl)n2)ccc1Cl. The Balaban J connectivity index is 2.31. The van der Waals surface area contributed by atoms with Gasteiger partial charge >= 0.3 is 0 Å². The highest BCUT2D eigenvalue weighted by Crippen LogP contribution is 2.29. The summed E-state index contributed by atoms with van der Waals surface area (Å²) in [6.07, 6.45) is 0. The third kappa shape index (κ3) is 3.28. The van der Waals surface area contributed by atoms with Crippen molar-refractivity contribution in [3.8, 4) is 11.8 Å². The molecule has 0 atom stereocenters. The molecule has 0 saturated carbocycles. The van der Waals surface area contributed by atoms with Crippen LogP contribution in [0.15, 0.2) is 30.3 Å². The number of pyridine rings is 1. The van der Waals surface area contributed by atoms with Crippen molar-refractivity contribution in [1.29, 1.82) is 5.26 Å². The van der Waals surface area contributed by atoms with Gasteiger partial charge in [0.05, 0.1) is 23.8 Å². The van der Waals surface area contributed by atoms with E-state index in [2.05, 4.69) is 10.3 Å². The third-order valence-corrected chi connectivity index (χ3v) is 2.85. The van der Waals surface area contributed by atoms with Crippen molar-refractivity contribution >= 4 is 34.7 Å². The van der Waals surface area contributed by atoms with E-state index in [1.807, 2.05) is 6.07 Å². The fourth-order valence-corrected chi connectivity index (χ4v) is 1.91. The summed E-state index contributed by atoms with van der Waals surface area (Å²) >= 11 is 11.8. The van der Waals surface area contributed by atoms with Gasteiger partial charge in [0.25, 0.3) is 0 Å². The summed E-state index contributed by atoms with van der Waals surface area (Å²) in [5, 5.41) is 12.7. The van der Waals surface area contributed by atoms with Gasteiger partial charge in [-0.2, -0.15) is 5.26 Å². The summed E-state index contributed by atoms with van der Waals surface area (Å²) < 4.78 is 5.12. The Labute approximate surface area is 120 Å². The number of rotatable bonds is 3. The molecular formula is C13H9Cl2N3O. The molecule has 0 fully saturated rings. The number of methoxy groups -OCH3 is 1. The number of ether oxygens (including phenoxy) is 1. The maximum atomic E-state index is 8.87. The van der Waals surface area contributed by atoms with Crippen LogP contribution in [-0.4, -0.2) is 12.1 Å². The number of anilines is 2. The van der Waals surface area contributed by atoms with Gasteiger partial charge in [-0.3, -0.25) is 0 Å². The van der Waals surface area contributed by atoms with Gasteiger partial charge < -0.3 is 10.1 Å². The van der Waals surface area contributed by atoms with Crippen LogP contribution >= 0.6 is 23.2 Å². The minimum absolute atomic E-state index is 0.252. The summed E-state index contributed by atoms with van der Waals surface area (Å²) in [4.78, 5) is 4.08. The molecule has 0 spiro atoms. The maximum Gasteiger partial charge on any atom is 0.139 e. The molecule has 0 bridgehead atoms. The molecule has 1 aromatic heterocycles. The molecule has 96 valence electrons. The van der Waals surface area contributed by atoms with Gasteiger partial charge in [-0.15, -0.1) is 0 Å². The van der Waals surface area contributed by atoms with Gasteiger partial charge in [-0.25, -0.2) is 4.98 Å². The first-order valence-electron chi connectivity index (χ1n) is 5.30. The van der Waals surface area contributed by atoms with Crippen LogP contribution in [0, 0.1) is 11.3 Å². The van der Waals surface area contributed by atoms with Crippen LogP contribution in [0.5, 0.6) is 5.75 Å². The van der Waals surface area contributed by atoms with E-state index < -0.39 is 0 Å². The van der Waals surface area contributed by atoms with Crippen molar-refractivity contribution in [3.63, 3.8) is 0 Å². The Morgan fingerprint density at radius 1 is 1.26 bits per heavy atom. The Morgan fingerprint density at radius 3 is 2.74 bits per heavy atom. The molecule has 2 rings (SSSR count). The number of aromatic nitrogens is 1. The quantitative estimate of drug-likeness (QED) is 0.869. The Kier molecular flexibility index (Phi) is 4.10. The summed E-state index contributed by atoms with van der Waals surface area (Å²) in [5.74, 6) is 1.03. The number of nitrogens with one attached hydrogen (secondary N) is 1. The minimum Gasteiger partial charge on any atom is -0.495 e. The molecule has 19 heavy (non-hydrogen) atoms. The van der Waals surface area contributed by atoms with Gasteiger partial charge in [-0.05, 0) is 24.3 Å². The van der Waals surface area contributed by atoms with Crippen LogP contribution in [0.25, 0.3) is 0 Å².